The molecule has 2 aliphatic heterocycles. The predicted octanol–water partition coefficient (Wildman–Crippen LogP) is 1.55. The average molecular weight is 414 g/mol. The summed E-state index contributed by atoms with van der Waals surface area (Å²) in [6, 6.07) is 3.54. The fraction of sp³-hybridized carbons (Fsp3) is 0.524. The Hall–Kier alpha value is -3.10. The molecule has 0 radical (unpaired) electrons. The Balaban J connectivity index is 1.46. The molecule has 0 aromatic heterocycles. The molecule has 3 aliphatic rings. The number of amides is 2. The maximum atomic E-state index is 12.8. The lowest BCUT2D eigenvalue weighted by Gasteiger charge is -2.33. The zero-order chi connectivity index (χ0) is 21.3. The van der Waals surface area contributed by atoms with E-state index in [0.717, 1.165) is 48.9 Å². The molecule has 0 atom stereocenters. The van der Waals surface area contributed by atoms with E-state index in [2.05, 4.69) is 10.3 Å². The van der Waals surface area contributed by atoms with Gasteiger partial charge in [-0.15, -0.1) is 0 Å². The van der Waals surface area contributed by atoms with Crippen molar-refractivity contribution in [2.24, 2.45) is 4.99 Å². The van der Waals surface area contributed by atoms with E-state index in [1.165, 1.54) is 4.90 Å². The van der Waals surface area contributed by atoms with Crippen LogP contribution in [-0.4, -0.2) is 64.4 Å². The van der Waals surface area contributed by atoms with Crippen LogP contribution >= 0.6 is 0 Å². The summed E-state index contributed by atoms with van der Waals surface area (Å²) in [4.78, 5) is 43.5. The van der Waals surface area contributed by atoms with Gasteiger partial charge in [0.05, 0.1) is 5.69 Å². The van der Waals surface area contributed by atoms with Crippen molar-refractivity contribution in [3.63, 3.8) is 0 Å². The Morgan fingerprint density at radius 2 is 2.03 bits per heavy atom. The topological polar surface area (TPSA) is 112 Å². The molecule has 30 heavy (non-hydrogen) atoms. The van der Waals surface area contributed by atoms with Gasteiger partial charge in [-0.25, -0.2) is 4.99 Å². The summed E-state index contributed by atoms with van der Waals surface area (Å²) in [6.07, 6.45) is 4.81. The van der Waals surface area contributed by atoms with Crippen molar-refractivity contribution < 1.29 is 24.2 Å². The lowest BCUT2D eigenvalue weighted by Crippen LogP contribution is -2.46. The molecule has 1 saturated heterocycles. The van der Waals surface area contributed by atoms with Crippen molar-refractivity contribution in [3.05, 3.63) is 23.3 Å². The van der Waals surface area contributed by atoms with Gasteiger partial charge in [-0.05, 0) is 37.5 Å². The van der Waals surface area contributed by atoms with Gasteiger partial charge in [0.2, 0.25) is 11.9 Å². The van der Waals surface area contributed by atoms with Crippen LogP contribution in [0.4, 0.5) is 5.69 Å². The maximum absolute atomic E-state index is 12.8. The zero-order valence-electron chi connectivity index (χ0n) is 17.0. The van der Waals surface area contributed by atoms with Gasteiger partial charge < -0.3 is 19.6 Å². The fourth-order valence-corrected chi connectivity index (χ4v) is 4.39. The number of fused-ring (bicyclic) bond motifs is 2. The largest absolute Gasteiger partial charge is 0.483 e. The summed E-state index contributed by atoms with van der Waals surface area (Å²) in [5.41, 5.74) is 2.59. The van der Waals surface area contributed by atoms with Crippen molar-refractivity contribution >= 4 is 29.4 Å². The smallest absolute Gasteiger partial charge is 0.323 e. The minimum Gasteiger partial charge on any atom is -0.483 e. The van der Waals surface area contributed by atoms with E-state index < -0.39 is 5.97 Å². The van der Waals surface area contributed by atoms with Crippen molar-refractivity contribution in [2.75, 3.05) is 19.7 Å². The number of benzene rings is 1. The van der Waals surface area contributed by atoms with Crippen LogP contribution in [0, 0.1) is 6.92 Å². The van der Waals surface area contributed by atoms with Crippen LogP contribution in [0.3, 0.4) is 0 Å². The van der Waals surface area contributed by atoms with E-state index in [1.54, 1.807) is 6.07 Å². The lowest BCUT2D eigenvalue weighted by atomic mass is 9.94. The summed E-state index contributed by atoms with van der Waals surface area (Å²) in [6.45, 7) is 2.20. The van der Waals surface area contributed by atoms with Crippen molar-refractivity contribution in [1.82, 2.24) is 15.1 Å². The first-order chi connectivity index (χ1) is 14.4. The first kappa shape index (κ1) is 20.2. The fourth-order valence-electron chi connectivity index (χ4n) is 4.39. The molecule has 0 bridgehead atoms. The van der Waals surface area contributed by atoms with E-state index in [4.69, 9.17) is 4.74 Å². The number of aliphatic imine (C=N–C) groups is 1. The maximum Gasteiger partial charge on any atom is 0.323 e. The summed E-state index contributed by atoms with van der Waals surface area (Å²) < 4.78 is 5.82. The summed E-state index contributed by atoms with van der Waals surface area (Å²) in [7, 11) is 0. The Bertz CT molecular complexity index is 907. The highest BCUT2D eigenvalue weighted by Crippen LogP contribution is 2.34. The van der Waals surface area contributed by atoms with E-state index in [1.807, 2.05) is 17.9 Å². The number of carboxylic acids is 1. The number of guanidine groups is 1. The van der Waals surface area contributed by atoms with Crippen LogP contribution < -0.4 is 10.1 Å². The second kappa shape index (κ2) is 8.33. The van der Waals surface area contributed by atoms with Crippen molar-refractivity contribution in [2.45, 2.75) is 51.6 Å². The summed E-state index contributed by atoms with van der Waals surface area (Å²) in [5.74, 6) is -0.273. The van der Waals surface area contributed by atoms with E-state index >= 15 is 0 Å². The third-order valence-electron chi connectivity index (χ3n) is 5.98. The van der Waals surface area contributed by atoms with E-state index in [0.29, 0.717) is 18.3 Å². The van der Waals surface area contributed by atoms with Crippen LogP contribution in [-0.2, 0) is 20.9 Å². The molecule has 1 aromatic carbocycles. The molecule has 9 nitrogen and oxygen atoms in total. The standard InChI is InChI=1S/C21H26N4O5/c1-13-15-9-24-10-18(26)23-21(24)22-16(15)7-8-17(13)30-12-19(27)25(11-20(28)29)14-5-3-2-4-6-14/h7-8,14H,2-6,9-12H2,1H3,(H,28,29)(H,22,23,26). The number of hydrogen-bond donors (Lipinski definition) is 2. The first-order valence-electron chi connectivity index (χ1n) is 10.3. The summed E-state index contributed by atoms with van der Waals surface area (Å²) >= 11 is 0. The lowest BCUT2D eigenvalue weighted by molar-refractivity contribution is -0.147. The highest BCUT2D eigenvalue weighted by atomic mass is 16.5. The van der Waals surface area contributed by atoms with Crippen molar-refractivity contribution in [1.29, 1.82) is 0 Å². The van der Waals surface area contributed by atoms with Gasteiger partial charge in [-0.2, -0.15) is 0 Å². The second-order valence-electron chi connectivity index (χ2n) is 8.02. The molecule has 1 saturated carbocycles. The third-order valence-corrected chi connectivity index (χ3v) is 5.98. The van der Waals surface area contributed by atoms with Crippen LogP contribution in [0.25, 0.3) is 0 Å². The molecule has 9 heteroatoms. The molecule has 160 valence electrons. The van der Waals surface area contributed by atoms with E-state index in [-0.39, 0.29) is 37.6 Å². The number of nitrogens with one attached hydrogen (secondary N) is 1. The number of hydrogen-bond acceptors (Lipinski definition) is 6. The van der Waals surface area contributed by atoms with Gasteiger partial charge in [0, 0.05) is 18.2 Å². The first-order valence-corrected chi connectivity index (χ1v) is 10.3. The summed E-state index contributed by atoms with van der Waals surface area (Å²) in [5, 5.41) is 12.0. The highest BCUT2D eigenvalue weighted by molar-refractivity contribution is 6.05. The number of carboxylic acid groups (broad SMARTS) is 1. The van der Waals surface area contributed by atoms with Crippen LogP contribution in [0.2, 0.25) is 0 Å². The second-order valence-corrected chi connectivity index (χ2v) is 8.02. The normalized spacial score (nSPS) is 18.2. The molecule has 2 fully saturated rings. The molecule has 2 N–H and O–H groups in total. The van der Waals surface area contributed by atoms with Gasteiger partial charge in [0.25, 0.3) is 5.91 Å². The Kier molecular flexibility index (Phi) is 5.61. The number of aliphatic carboxylic acids is 1. The van der Waals surface area contributed by atoms with Gasteiger partial charge in [0.1, 0.15) is 18.8 Å². The van der Waals surface area contributed by atoms with Crippen LogP contribution in [0.1, 0.15) is 43.2 Å². The quantitative estimate of drug-likeness (QED) is 0.731. The molecule has 2 heterocycles. The number of nitrogens with zero attached hydrogens (tertiary/aromatic N) is 3. The molecule has 4 rings (SSSR count). The molecule has 0 unspecified atom stereocenters. The molecule has 1 aliphatic carbocycles. The number of rotatable bonds is 6. The van der Waals surface area contributed by atoms with Crippen LogP contribution in [0.15, 0.2) is 17.1 Å². The molecule has 0 spiro atoms. The predicted molar refractivity (Wildman–Crippen MR) is 109 cm³/mol. The van der Waals surface area contributed by atoms with Gasteiger partial charge in [0.15, 0.2) is 6.61 Å². The minimum absolute atomic E-state index is 0.0384. The number of carbonyl (C=O) groups is 3. The SMILES string of the molecule is Cc1c(OCC(=O)N(CC(=O)O)C2CCCCC2)ccc2c1CN1CC(=O)NC1=N2. The van der Waals surface area contributed by atoms with Crippen LogP contribution in [0.5, 0.6) is 5.75 Å². The van der Waals surface area contributed by atoms with Gasteiger partial charge in [-0.3, -0.25) is 19.7 Å². The van der Waals surface area contributed by atoms with Gasteiger partial charge >= 0.3 is 5.97 Å². The Labute approximate surface area is 174 Å². The zero-order valence-corrected chi connectivity index (χ0v) is 17.0. The third kappa shape index (κ3) is 4.10. The molecule has 1 aromatic rings. The molecule has 2 amide bonds. The average Bonchev–Trinajstić information content (AvgIpc) is 3.09. The Morgan fingerprint density at radius 1 is 1.27 bits per heavy atom. The van der Waals surface area contributed by atoms with E-state index in [9.17, 15) is 19.5 Å². The minimum atomic E-state index is -1.01. The molecular formula is C21H26N4O5. The number of ether oxygens (including phenoxy) is 1. The monoisotopic (exact) mass is 414 g/mol. The van der Waals surface area contributed by atoms with Gasteiger partial charge in [-0.1, -0.05) is 19.3 Å². The Morgan fingerprint density at radius 3 is 2.77 bits per heavy atom. The van der Waals surface area contributed by atoms with Crippen molar-refractivity contribution in [3.8, 4) is 5.75 Å². The highest BCUT2D eigenvalue weighted by Gasteiger charge is 2.31. The number of carbonyl (C=O) groups excluding carboxylic acids is 2. The molecular weight excluding hydrogens is 388 g/mol.